The number of aliphatic imine (C=N–C) groups is 1. The molecule has 0 aliphatic carbocycles. The number of hydrogen-bond acceptors (Lipinski definition) is 7. The van der Waals surface area contributed by atoms with E-state index in [1.807, 2.05) is 45.0 Å². The number of amides is 2. The Labute approximate surface area is 243 Å². The maximum atomic E-state index is 12.9. The number of carboxylic acids is 1. The van der Waals surface area contributed by atoms with Crippen LogP contribution in [-0.2, 0) is 19.7 Å². The number of aliphatic carboxylic acids is 1. The van der Waals surface area contributed by atoms with E-state index in [4.69, 9.17) is 4.74 Å². The lowest BCUT2D eigenvalue weighted by molar-refractivity contribution is -0.137. The van der Waals surface area contributed by atoms with Gasteiger partial charge in [0.25, 0.3) is 0 Å². The van der Waals surface area contributed by atoms with Crippen LogP contribution >= 0.6 is 15.9 Å². The second-order valence-electron chi connectivity index (χ2n) is 11.6. The molecule has 0 aromatic heterocycles. The van der Waals surface area contributed by atoms with E-state index in [-0.39, 0.29) is 24.3 Å². The third-order valence-electron chi connectivity index (χ3n) is 5.93. The van der Waals surface area contributed by atoms with Gasteiger partial charge in [-0.2, -0.15) is 0 Å². The largest absolute Gasteiger partial charge is 0.481 e. The van der Waals surface area contributed by atoms with Gasteiger partial charge in [0.05, 0.1) is 32.1 Å². The summed E-state index contributed by atoms with van der Waals surface area (Å²) in [6.07, 6.45) is -0.722. The average Bonchev–Trinajstić information content (AvgIpc) is 3.28. The normalized spacial score (nSPS) is 14.3. The first-order valence-electron chi connectivity index (χ1n) is 13.1. The number of hydrogen-bond donors (Lipinski definition) is 4. The quantitative estimate of drug-likeness (QED) is 0.308. The van der Waals surface area contributed by atoms with Gasteiger partial charge in [0, 0.05) is 15.8 Å². The van der Waals surface area contributed by atoms with Crippen LogP contribution in [0.2, 0.25) is 0 Å². The molecule has 1 heterocycles. The van der Waals surface area contributed by atoms with Crippen molar-refractivity contribution < 1.29 is 24.2 Å². The van der Waals surface area contributed by atoms with Crippen LogP contribution in [0, 0.1) is 0 Å². The summed E-state index contributed by atoms with van der Waals surface area (Å²) < 4.78 is 6.28. The summed E-state index contributed by atoms with van der Waals surface area (Å²) in [7, 11) is 0. The van der Waals surface area contributed by atoms with Gasteiger partial charge in [0.1, 0.15) is 5.60 Å². The molecule has 3 rings (SSSR count). The highest BCUT2D eigenvalue weighted by atomic mass is 79.9. The molecule has 0 saturated heterocycles. The third kappa shape index (κ3) is 9.25. The standard InChI is InChI=1S/C29H38BrN5O5/c1-28(2,3)19-12-18(13-20(30)14-19)23(16-25(37)38)34-24(36)17-32-21-8-7-9-22(15-21)33-26-31-10-11-35(26)27(39)40-29(4,5)6/h7-9,12-15,23,32H,10-11,16-17H2,1-6H3,(H,31,33)(H,34,36)(H,37,38)/t23-/m0/s1. The molecule has 0 radical (unpaired) electrons. The second-order valence-corrected chi connectivity index (χ2v) is 12.6. The monoisotopic (exact) mass is 615 g/mol. The topological polar surface area (TPSA) is 132 Å². The average molecular weight is 617 g/mol. The van der Waals surface area contributed by atoms with Crippen LogP contribution in [0.5, 0.6) is 0 Å². The Balaban J connectivity index is 1.65. The maximum Gasteiger partial charge on any atom is 0.417 e. The van der Waals surface area contributed by atoms with Crippen molar-refractivity contribution in [2.75, 3.05) is 30.3 Å². The molecule has 216 valence electrons. The van der Waals surface area contributed by atoms with Gasteiger partial charge in [-0.1, -0.05) is 48.8 Å². The lowest BCUT2D eigenvalue weighted by Gasteiger charge is -2.25. The van der Waals surface area contributed by atoms with Crippen LogP contribution < -0.4 is 16.0 Å². The first-order valence-corrected chi connectivity index (χ1v) is 13.9. The van der Waals surface area contributed by atoms with Crippen LogP contribution in [0.15, 0.2) is 51.9 Å². The number of carboxylic acid groups (broad SMARTS) is 1. The number of anilines is 2. The zero-order valence-electron chi connectivity index (χ0n) is 23.8. The Morgan fingerprint density at radius 2 is 1.77 bits per heavy atom. The number of carbonyl (C=O) groups excluding carboxylic acids is 2. The summed E-state index contributed by atoms with van der Waals surface area (Å²) >= 11 is 3.51. The van der Waals surface area contributed by atoms with Gasteiger partial charge in [0.2, 0.25) is 11.9 Å². The molecule has 11 heteroatoms. The predicted molar refractivity (Wildman–Crippen MR) is 160 cm³/mol. The van der Waals surface area contributed by atoms with E-state index in [1.54, 1.807) is 18.2 Å². The van der Waals surface area contributed by atoms with Crippen molar-refractivity contribution in [3.63, 3.8) is 0 Å². The smallest absolute Gasteiger partial charge is 0.417 e. The number of rotatable bonds is 8. The summed E-state index contributed by atoms with van der Waals surface area (Å²) in [5.41, 5.74) is 2.31. The minimum atomic E-state index is -1.01. The summed E-state index contributed by atoms with van der Waals surface area (Å²) in [6.45, 7) is 12.5. The van der Waals surface area contributed by atoms with Gasteiger partial charge in [0.15, 0.2) is 0 Å². The molecule has 0 saturated carbocycles. The van der Waals surface area contributed by atoms with E-state index in [0.29, 0.717) is 36.0 Å². The Morgan fingerprint density at radius 3 is 2.42 bits per heavy atom. The van der Waals surface area contributed by atoms with E-state index in [9.17, 15) is 19.5 Å². The molecular weight excluding hydrogens is 578 g/mol. The van der Waals surface area contributed by atoms with Crippen molar-refractivity contribution in [3.05, 3.63) is 58.1 Å². The molecule has 2 amide bonds. The SMILES string of the molecule is CC(C)(C)OC(=O)N1CCN=C1Nc1cccc(NCC(=O)N[C@@H](CC(=O)O)c2cc(Br)cc(C(C)(C)C)c2)c1. The van der Waals surface area contributed by atoms with Crippen molar-refractivity contribution >= 4 is 51.2 Å². The van der Waals surface area contributed by atoms with Crippen molar-refractivity contribution in [2.24, 2.45) is 4.99 Å². The molecule has 2 aromatic carbocycles. The number of halogens is 1. The second kappa shape index (κ2) is 12.7. The molecule has 10 nitrogen and oxygen atoms in total. The van der Waals surface area contributed by atoms with Crippen LogP contribution in [0.1, 0.15) is 65.1 Å². The Kier molecular flexibility index (Phi) is 9.83. The van der Waals surface area contributed by atoms with Gasteiger partial charge in [-0.25, -0.2) is 9.69 Å². The molecule has 1 aliphatic rings. The highest BCUT2D eigenvalue weighted by Gasteiger charge is 2.29. The first-order chi connectivity index (χ1) is 18.6. The van der Waals surface area contributed by atoms with Crippen molar-refractivity contribution in [3.8, 4) is 0 Å². The number of nitrogens with zero attached hydrogens (tertiary/aromatic N) is 2. The predicted octanol–water partition coefficient (Wildman–Crippen LogP) is 5.51. The van der Waals surface area contributed by atoms with Gasteiger partial charge < -0.3 is 25.8 Å². The summed E-state index contributed by atoms with van der Waals surface area (Å²) in [5, 5.41) is 18.6. The molecule has 1 atom stereocenters. The molecule has 40 heavy (non-hydrogen) atoms. The van der Waals surface area contributed by atoms with Gasteiger partial charge in [-0.3, -0.25) is 14.6 Å². The summed E-state index contributed by atoms with van der Waals surface area (Å²) in [6, 6.07) is 12.3. The maximum absolute atomic E-state index is 12.9. The lowest BCUT2D eigenvalue weighted by Crippen LogP contribution is -2.41. The number of carbonyl (C=O) groups is 3. The zero-order chi connectivity index (χ0) is 29.7. The fourth-order valence-corrected chi connectivity index (χ4v) is 4.50. The van der Waals surface area contributed by atoms with Crippen molar-refractivity contribution in [1.82, 2.24) is 10.2 Å². The zero-order valence-corrected chi connectivity index (χ0v) is 25.4. The summed E-state index contributed by atoms with van der Waals surface area (Å²) in [4.78, 5) is 42.8. The minimum absolute atomic E-state index is 0.0648. The van der Waals surface area contributed by atoms with Gasteiger partial charge >= 0.3 is 12.1 Å². The fraction of sp³-hybridized carbons (Fsp3) is 0.448. The lowest BCUT2D eigenvalue weighted by atomic mass is 9.85. The minimum Gasteiger partial charge on any atom is -0.481 e. The molecule has 0 bridgehead atoms. The first kappa shape index (κ1) is 30.9. The van der Waals surface area contributed by atoms with Crippen LogP contribution in [0.3, 0.4) is 0 Å². The molecule has 0 unspecified atom stereocenters. The van der Waals surface area contributed by atoms with Crippen LogP contribution in [-0.4, -0.2) is 59.2 Å². The van der Waals surface area contributed by atoms with E-state index in [1.165, 1.54) is 4.90 Å². The number of benzene rings is 2. The molecule has 0 spiro atoms. The Bertz CT molecular complexity index is 1280. The van der Waals surface area contributed by atoms with Crippen molar-refractivity contribution in [1.29, 1.82) is 0 Å². The van der Waals surface area contributed by atoms with Gasteiger partial charge in [-0.15, -0.1) is 0 Å². The highest BCUT2D eigenvalue weighted by Crippen LogP contribution is 2.30. The Morgan fingerprint density at radius 1 is 1.07 bits per heavy atom. The molecule has 0 fully saturated rings. The van der Waals surface area contributed by atoms with Gasteiger partial charge in [-0.05, 0) is 67.6 Å². The van der Waals surface area contributed by atoms with E-state index in [0.717, 1.165) is 10.0 Å². The van der Waals surface area contributed by atoms with Crippen LogP contribution in [0.4, 0.5) is 16.2 Å². The number of nitrogens with one attached hydrogen (secondary N) is 3. The number of ether oxygens (including phenoxy) is 1. The molecule has 2 aromatic rings. The number of guanidine groups is 1. The van der Waals surface area contributed by atoms with E-state index >= 15 is 0 Å². The summed E-state index contributed by atoms with van der Waals surface area (Å²) in [5.74, 6) is -0.966. The highest BCUT2D eigenvalue weighted by molar-refractivity contribution is 9.10. The Hall–Kier alpha value is -3.60. The fourth-order valence-electron chi connectivity index (χ4n) is 3.99. The van der Waals surface area contributed by atoms with Crippen LogP contribution in [0.25, 0.3) is 0 Å². The van der Waals surface area contributed by atoms with E-state index < -0.39 is 23.7 Å². The molecule has 1 aliphatic heterocycles. The molecular formula is C29H38BrN5O5. The van der Waals surface area contributed by atoms with Crippen molar-refractivity contribution in [2.45, 2.75) is 65.0 Å². The third-order valence-corrected chi connectivity index (χ3v) is 6.39. The van der Waals surface area contributed by atoms with E-state index in [2.05, 4.69) is 57.6 Å². The molecule has 4 N–H and O–H groups in total.